The Morgan fingerprint density at radius 3 is 2.65 bits per heavy atom. The van der Waals surface area contributed by atoms with Crippen molar-refractivity contribution >= 4 is 11.9 Å². The third-order valence-electron chi connectivity index (χ3n) is 4.73. The van der Waals surface area contributed by atoms with Crippen molar-refractivity contribution in [2.45, 2.75) is 46.1 Å². The van der Waals surface area contributed by atoms with Crippen molar-refractivity contribution in [1.29, 1.82) is 0 Å². The minimum atomic E-state index is 0.0747. The van der Waals surface area contributed by atoms with Crippen LogP contribution in [0, 0.1) is 13.8 Å². The number of nitrogens with one attached hydrogen (secondary N) is 3. The lowest BCUT2D eigenvalue weighted by atomic mass is 10.1. The van der Waals surface area contributed by atoms with Crippen LogP contribution in [0.5, 0.6) is 0 Å². The summed E-state index contributed by atoms with van der Waals surface area (Å²) >= 11 is 0. The zero-order chi connectivity index (χ0) is 18.9. The summed E-state index contributed by atoms with van der Waals surface area (Å²) in [6.45, 7) is 9.81. The van der Waals surface area contributed by atoms with E-state index in [4.69, 9.17) is 9.52 Å². The summed E-state index contributed by atoms with van der Waals surface area (Å²) in [7, 11) is 1.68. The first-order chi connectivity index (χ1) is 12.5. The van der Waals surface area contributed by atoms with Crippen molar-refractivity contribution in [1.82, 2.24) is 26.0 Å². The summed E-state index contributed by atoms with van der Waals surface area (Å²) in [5, 5.41) is 13.5. The maximum atomic E-state index is 11.5. The molecule has 1 aromatic heterocycles. The molecule has 1 amide bonds. The molecule has 0 atom stereocenters. The van der Waals surface area contributed by atoms with E-state index in [0.717, 1.165) is 61.9 Å². The fourth-order valence-electron chi connectivity index (χ4n) is 3.17. The molecule has 3 N–H and O–H groups in total. The lowest BCUT2D eigenvalue weighted by molar-refractivity contribution is -0.122. The van der Waals surface area contributed by atoms with Gasteiger partial charge in [0.05, 0.1) is 12.2 Å². The van der Waals surface area contributed by atoms with Gasteiger partial charge in [0.25, 0.3) is 0 Å². The first-order valence-corrected chi connectivity index (χ1v) is 9.43. The van der Waals surface area contributed by atoms with E-state index < -0.39 is 0 Å². The summed E-state index contributed by atoms with van der Waals surface area (Å²) in [5.74, 6) is 1.80. The molecule has 146 valence electrons. The van der Waals surface area contributed by atoms with E-state index in [1.807, 2.05) is 13.8 Å². The lowest BCUT2D eigenvalue weighted by Gasteiger charge is -2.32. The molecule has 8 nitrogen and oxygen atoms in total. The second kappa shape index (κ2) is 10.2. The normalized spacial score (nSPS) is 16.5. The van der Waals surface area contributed by atoms with Gasteiger partial charge in [-0.15, -0.1) is 0 Å². The van der Waals surface area contributed by atoms with Gasteiger partial charge in [-0.3, -0.25) is 14.7 Å². The SMILES string of the molecule is CCNC(=NCCc1c(C)noc1C)NC1CCN(CC(=O)NC)CC1. The number of aryl methyl sites for hydroxylation is 2. The second-order valence-corrected chi connectivity index (χ2v) is 6.68. The van der Waals surface area contributed by atoms with Gasteiger partial charge >= 0.3 is 0 Å². The number of aromatic nitrogens is 1. The molecule has 0 spiro atoms. The van der Waals surface area contributed by atoms with Crippen LogP contribution in [0.3, 0.4) is 0 Å². The summed E-state index contributed by atoms with van der Waals surface area (Å²) in [6.07, 6.45) is 2.83. The Morgan fingerprint density at radius 1 is 1.35 bits per heavy atom. The smallest absolute Gasteiger partial charge is 0.233 e. The van der Waals surface area contributed by atoms with Crippen LogP contribution in [0.4, 0.5) is 0 Å². The van der Waals surface area contributed by atoms with Gasteiger partial charge in [0.15, 0.2) is 5.96 Å². The van der Waals surface area contributed by atoms with Crippen LogP contribution >= 0.6 is 0 Å². The van der Waals surface area contributed by atoms with Crippen LogP contribution in [-0.2, 0) is 11.2 Å². The lowest BCUT2D eigenvalue weighted by Crippen LogP contribution is -2.50. The van der Waals surface area contributed by atoms with Crippen LogP contribution in [0.15, 0.2) is 9.52 Å². The number of hydrogen-bond donors (Lipinski definition) is 3. The number of carbonyl (C=O) groups excluding carboxylic acids is 1. The Bertz CT molecular complexity index is 585. The predicted molar refractivity (Wildman–Crippen MR) is 102 cm³/mol. The summed E-state index contributed by atoms with van der Waals surface area (Å²) in [5.41, 5.74) is 2.09. The largest absolute Gasteiger partial charge is 0.361 e. The molecule has 1 aliphatic rings. The monoisotopic (exact) mass is 364 g/mol. The fourth-order valence-corrected chi connectivity index (χ4v) is 3.17. The molecule has 2 rings (SSSR count). The zero-order valence-corrected chi connectivity index (χ0v) is 16.4. The minimum absolute atomic E-state index is 0.0747. The van der Waals surface area contributed by atoms with Crippen molar-refractivity contribution in [3.05, 3.63) is 17.0 Å². The van der Waals surface area contributed by atoms with Crippen molar-refractivity contribution in [3.63, 3.8) is 0 Å². The Kier molecular flexibility index (Phi) is 7.90. The molecule has 1 aliphatic heterocycles. The van der Waals surface area contributed by atoms with Gasteiger partial charge < -0.3 is 20.5 Å². The molecule has 0 aliphatic carbocycles. The number of likely N-dealkylation sites (N-methyl/N-ethyl adjacent to an activating group) is 1. The zero-order valence-electron chi connectivity index (χ0n) is 16.4. The van der Waals surface area contributed by atoms with Gasteiger partial charge in [-0.1, -0.05) is 5.16 Å². The van der Waals surface area contributed by atoms with Crippen LogP contribution in [0.2, 0.25) is 0 Å². The number of carbonyl (C=O) groups is 1. The molecule has 1 saturated heterocycles. The molecule has 0 bridgehead atoms. The number of hydrogen-bond acceptors (Lipinski definition) is 5. The fraction of sp³-hybridized carbons (Fsp3) is 0.722. The summed E-state index contributed by atoms with van der Waals surface area (Å²) in [4.78, 5) is 18.4. The molecule has 8 heteroatoms. The molecule has 0 saturated carbocycles. The Labute approximate surface area is 155 Å². The maximum absolute atomic E-state index is 11.5. The Balaban J connectivity index is 1.81. The molecule has 2 heterocycles. The van der Waals surface area contributed by atoms with E-state index in [-0.39, 0.29) is 5.91 Å². The second-order valence-electron chi connectivity index (χ2n) is 6.68. The third-order valence-corrected chi connectivity index (χ3v) is 4.73. The third kappa shape index (κ3) is 6.01. The molecule has 1 fully saturated rings. The van der Waals surface area contributed by atoms with Gasteiger partial charge in [-0.25, -0.2) is 0 Å². The van der Waals surface area contributed by atoms with Crippen molar-refractivity contribution in [3.8, 4) is 0 Å². The highest BCUT2D eigenvalue weighted by Gasteiger charge is 2.21. The van der Waals surface area contributed by atoms with Crippen LogP contribution in [0.1, 0.15) is 36.8 Å². The summed E-state index contributed by atoms with van der Waals surface area (Å²) in [6, 6.07) is 0.382. The summed E-state index contributed by atoms with van der Waals surface area (Å²) < 4.78 is 5.20. The van der Waals surface area contributed by atoms with Crippen molar-refractivity contribution < 1.29 is 9.32 Å². The average Bonchev–Trinajstić information content (AvgIpc) is 2.95. The number of likely N-dealkylation sites (tertiary alicyclic amines) is 1. The van der Waals surface area contributed by atoms with Gasteiger partial charge in [0.2, 0.25) is 5.91 Å². The number of aliphatic imine (C=N–C) groups is 1. The maximum Gasteiger partial charge on any atom is 0.233 e. The van der Waals surface area contributed by atoms with Crippen LogP contribution in [-0.4, -0.2) is 67.7 Å². The molecule has 0 radical (unpaired) electrons. The van der Waals surface area contributed by atoms with E-state index >= 15 is 0 Å². The molecular formula is C18H32N6O2. The van der Waals surface area contributed by atoms with E-state index in [1.165, 1.54) is 0 Å². The highest BCUT2D eigenvalue weighted by molar-refractivity contribution is 5.80. The van der Waals surface area contributed by atoms with Gasteiger partial charge in [-0.2, -0.15) is 0 Å². The van der Waals surface area contributed by atoms with Crippen molar-refractivity contribution in [2.75, 3.05) is 39.8 Å². The van der Waals surface area contributed by atoms with Crippen LogP contribution < -0.4 is 16.0 Å². The number of piperidine rings is 1. The molecule has 1 aromatic rings. The first-order valence-electron chi connectivity index (χ1n) is 9.43. The minimum Gasteiger partial charge on any atom is -0.361 e. The predicted octanol–water partition coefficient (Wildman–Crippen LogP) is 0.599. The number of nitrogens with zero attached hydrogens (tertiary/aromatic N) is 3. The number of guanidine groups is 1. The highest BCUT2D eigenvalue weighted by Crippen LogP contribution is 2.13. The molecular weight excluding hydrogens is 332 g/mol. The standard InChI is InChI=1S/C18H32N6O2/c1-5-20-18(21-9-6-16-13(2)23-26-14(16)3)22-15-7-10-24(11-8-15)12-17(25)19-4/h15H,5-12H2,1-4H3,(H,19,25)(H2,20,21,22). The Hall–Kier alpha value is -2.09. The first kappa shape index (κ1) is 20.2. The van der Waals surface area contributed by atoms with Crippen LogP contribution in [0.25, 0.3) is 0 Å². The number of amides is 1. The average molecular weight is 364 g/mol. The van der Waals surface area contributed by atoms with Gasteiger partial charge in [0.1, 0.15) is 5.76 Å². The number of rotatable bonds is 7. The van der Waals surface area contributed by atoms with E-state index in [9.17, 15) is 4.79 Å². The van der Waals surface area contributed by atoms with Crippen molar-refractivity contribution in [2.24, 2.45) is 4.99 Å². The molecule has 0 aromatic carbocycles. The van der Waals surface area contributed by atoms with E-state index in [2.05, 4.69) is 32.9 Å². The van der Waals surface area contributed by atoms with E-state index in [0.29, 0.717) is 19.1 Å². The molecule has 0 unspecified atom stereocenters. The molecule has 26 heavy (non-hydrogen) atoms. The van der Waals surface area contributed by atoms with E-state index in [1.54, 1.807) is 7.05 Å². The topological polar surface area (TPSA) is 94.8 Å². The highest BCUT2D eigenvalue weighted by atomic mass is 16.5. The van der Waals surface area contributed by atoms with Gasteiger partial charge in [-0.05, 0) is 40.0 Å². The van der Waals surface area contributed by atoms with Gasteiger partial charge in [0, 0.05) is 44.8 Å². The Morgan fingerprint density at radius 2 is 2.08 bits per heavy atom. The quantitative estimate of drug-likeness (QED) is 0.484.